The van der Waals surface area contributed by atoms with E-state index in [0.717, 1.165) is 23.8 Å². The number of methoxy groups -OCH3 is 1. The summed E-state index contributed by atoms with van der Waals surface area (Å²) in [6.07, 6.45) is 0. The number of benzene rings is 2. The zero-order valence-corrected chi connectivity index (χ0v) is 13.5. The molecule has 1 unspecified atom stereocenters. The van der Waals surface area contributed by atoms with Crippen LogP contribution < -0.4 is 4.74 Å². The zero-order chi connectivity index (χ0) is 17.9. The molecule has 0 heterocycles. The molecular weight excluding hydrogens is 315 g/mol. The molecule has 1 atom stereocenters. The van der Waals surface area contributed by atoms with Crippen LogP contribution in [0.5, 0.6) is 5.75 Å². The Morgan fingerprint density at radius 2 is 1.88 bits per heavy atom. The van der Waals surface area contributed by atoms with Crippen LogP contribution in [0.15, 0.2) is 42.5 Å². The number of carbonyl (C=O) groups excluding carboxylic acids is 1. The fraction of sp³-hybridized carbons (Fsp3) is 0.235. The first-order valence-corrected chi connectivity index (χ1v) is 7.20. The third-order valence-corrected chi connectivity index (χ3v) is 3.89. The Kier molecular flexibility index (Phi) is 5.13. The molecule has 126 valence electrons. The Bertz CT molecular complexity index is 762. The van der Waals surface area contributed by atoms with E-state index in [9.17, 15) is 19.3 Å². The third-order valence-electron chi connectivity index (χ3n) is 3.89. The Morgan fingerprint density at radius 1 is 1.25 bits per heavy atom. The highest BCUT2D eigenvalue weighted by molar-refractivity contribution is 5.94. The predicted octanol–water partition coefficient (Wildman–Crippen LogP) is 3.58. The summed E-state index contributed by atoms with van der Waals surface area (Å²) >= 11 is 0. The first-order valence-electron chi connectivity index (χ1n) is 7.20. The van der Waals surface area contributed by atoms with Crippen molar-refractivity contribution in [2.24, 2.45) is 0 Å². The van der Waals surface area contributed by atoms with E-state index in [4.69, 9.17) is 4.74 Å². The number of nitro groups is 1. The van der Waals surface area contributed by atoms with Gasteiger partial charge in [0.1, 0.15) is 11.6 Å². The van der Waals surface area contributed by atoms with Crippen LogP contribution in [0.4, 0.5) is 10.1 Å². The van der Waals surface area contributed by atoms with Gasteiger partial charge in [-0.2, -0.15) is 0 Å². The number of nitro benzene ring substituents is 1. The van der Waals surface area contributed by atoms with Gasteiger partial charge in [0.15, 0.2) is 0 Å². The van der Waals surface area contributed by atoms with Crippen molar-refractivity contribution >= 4 is 11.6 Å². The summed E-state index contributed by atoms with van der Waals surface area (Å²) in [5.74, 6) is -0.768. The summed E-state index contributed by atoms with van der Waals surface area (Å²) in [5, 5.41) is 10.6. The molecule has 0 bridgehead atoms. The molecule has 0 radical (unpaired) electrons. The minimum absolute atomic E-state index is 0.205. The van der Waals surface area contributed by atoms with Gasteiger partial charge in [-0.05, 0) is 30.7 Å². The number of non-ortho nitro benzene ring substituents is 1. The molecule has 24 heavy (non-hydrogen) atoms. The van der Waals surface area contributed by atoms with E-state index < -0.39 is 22.3 Å². The lowest BCUT2D eigenvalue weighted by molar-refractivity contribution is -0.385. The molecule has 2 aromatic rings. The van der Waals surface area contributed by atoms with Crippen LogP contribution >= 0.6 is 0 Å². The largest absolute Gasteiger partial charge is 0.497 e. The molecule has 1 amide bonds. The predicted molar refractivity (Wildman–Crippen MR) is 86.6 cm³/mol. The van der Waals surface area contributed by atoms with Crippen molar-refractivity contribution < 1.29 is 18.8 Å². The first kappa shape index (κ1) is 17.4. The standard InChI is InChI=1S/C17H17FN2O4/c1-11(12-4-7-14(24-3)8-5-12)19(2)17(21)15-9-6-13(20(22)23)10-16(15)18/h4-11H,1-3H3. The van der Waals surface area contributed by atoms with Crippen LogP contribution in [0.2, 0.25) is 0 Å². The van der Waals surface area contributed by atoms with Gasteiger partial charge in [0.05, 0.1) is 29.7 Å². The van der Waals surface area contributed by atoms with E-state index in [0.29, 0.717) is 5.75 Å². The number of hydrogen-bond acceptors (Lipinski definition) is 4. The fourth-order valence-corrected chi connectivity index (χ4v) is 2.26. The molecule has 0 aromatic heterocycles. The SMILES string of the molecule is COc1ccc(C(C)N(C)C(=O)c2ccc([N+](=O)[O-])cc2F)cc1. The highest BCUT2D eigenvalue weighted by Crippen LogP contribution is 2.25. The van der Waals surface area contributed by atoms with E-state index in [1.165, 1.54) is 4.90 Å². The Hall–Kier alpha value is -2.96. The molecule has 0 aliphatic rings. The second-order valence-corrected chi connectivity index (χ2v) is 5.29. The van der Waals surface area contributed by atoms with E-state index in [1.807, 2.05) is 19.1 Å². The molecule has 0 saturated heterocycles. The maximum atomic E-state index is 14.0. The van der Waals surface area contributed by atoms with Crippen LogP contribution in [0.3, 0.4) is 0 Å². The molecule has 2 aromatic carbocycles. The lowest BCUT2D eigenvalue weighted by Gasteiger charge is -2.25. The van der Waals surface area contributed by atoms with Gasteiger partial charge in [-0.25, -0.2) is 4.39 Å². The van der Waals surface area contributed by atoms with Gasteiger partial charge in [-0.15, -0.1) is 0 Å². The zero-order valence-electron chi connectivity index (χ0n) is 13.5. The highest BCUT2D eigenvalue weighted by atomic mass is 19.1. The Balaban J connectivity index is 2.23. The number of amides is 1. The van der Waals surface area contributed by atoms with Crippen LogP contribution in [0, 0.1) is 15.9 Å². The maximum absolute atomic E-state index is 14.0. The number of ether oxygens (including phenoxy) is 1. The lowest BCUT2D eigenvalue weighted by Crippen LogP contribution is -2.30. The molecule has 0 spiro atoms. The molecule has 0 saturated carbocycles. The number of carbonyl (C=O) groups is 1. The molecule has 7 heteroatoms. The third kappa shape index (κ3) is 3.51. The second-order valence-electron chi connectivity index (χ2n) is 5.29. The number of halogens is 1. The van der Waals surface area contributed by atoms with Crippen molar-refractivity contribution in [3.8, 4) is 5.75 Å². The van der Waals surface area contributed by atoms with Crippen molar-refractivity contribution in [3.63, 3.8) is 0 Å². The van der Waals surface area contributed by atoms with Gasteiger partial charge in [0, 0.05) is 13.1 Å². The van der Waals surface area contributed by atoms with Gasteiger partial charge < -0.3 is 9.64 Å². The van der Waals surface area contributed by atoms with E-state index in [1.54, 1.807) is 26.3 Å². The summed E-state index contributed by atoms with van der Waals surface area (Å²) in [6, 6.07) is 9.87. The second kappa shape index (κ2) is 7.08. The minimum atomic E-state index is -0.914. The Morgan fingerprint density at radius 3 is 2.38 bits per heavy atom. The summed E-state index contributed by atoms with van der Waals surface area (Å²) < 4.78 is 19.1. The van der Waals surface area contributed by atoms with E-state index in [2.05, 4.69) is 0 Å². The van der Waals surface area contributed by atoms with Crippen molar-refractivity contribution in [2.75, 3.05) is 14.2 Å². The van der Waals surface area contributed by atoms with Crippen LogP contribution in [0.25, 0.3) is 0 Å². The minimum Gasteiger partial charge on any atom is -0.497 e. The van der Waals surface area contributed by atoms with Crippen molar-refractivity contribution in [3.05, 3.63) is 69.5 Å². The number of hydrogen-bond donors (Lipinski definition) is 0. The van der Waals surface area contributed by atoms with Gasteiger partial charge in [-0.1, -0.05) is 12.1 Å². The van der Waals surface area contributed by atoms with E-state index in [-0.39, 0.29) is 11.6 Å². The molecule has 0 fully saturated rings. The molecular formula is C17H17FN2O4. The van der Waals surface area contributed by atoms with Gasteiger partial charge in [0.25, 0.3) is 11.6 Å². The highest BCUT2D eigenvalue weighted by Gasteiger charge is 2.23. The topological polar surface area (TPSA) is 72.7 Å². The smallest absolute Gasteiger partial charge is 0.272 e. The summed E-state index contributed by atoms with van der Waals surface area (Å²) in [5.41, 5.74) is 0.257. The molecule has 0 N–H and O–H groups in total. The van der Waals surface area contributed by atoms with E-state index >= 15 is 0 Å². The maximum Gasteiger partial charge on any atom is 0.272 e. The normalized spacial score (nSPS) is 11.7. The Labute approximate surface area is 138 Å². The molecule has 0 aliphatic carbocycles. The van der Waals surface area contributed by atoms with Crippen LogP contribution in [-0.4, -0.2) is 29.9 Å². The summed E-state index contributed by atoms with van der Waals surface area (Å²) in [4.78, 5) is 23.8. The summed E-state index contributed by atoms with van der Waals surface area (Å²) in [6.45, 7) is 1.81. The van der Waals surface area contributed by atoms with Crippen LogP contribution in [0.1, 0.15) is 28.9 Å². The molecule has 6 nitrogen and oxygen atoms in total. The first-order chi connectivity index (χ1) is 11.3. The fourth-order valence-electron chi connectivity index (χ4n) is 2.26. The average Bonchev–Trinajstić information content (AvgIpc) is 2.59. The van der Waals surface area contributed by atoms with Gasteiger partial charge in [0.2, 0.25) is 0 Å². The number of nitrogens with zero attached hydrogens (tertiary/aromatic N) is 2. The van der Waals surface area contributed by atoms with Crippen molar-refractivity contribution in [1.82, 2.24) is 4.90 Å². The van der Waals surface area contributed by atoms with Crippen molar-refractivity contribution in [2.45, 2.75) is 13.0 Å². The van der Waals surface area contributed by atoms with Gasteiger partial charge in [-0.3, -0.25) is 14.9 Å². The molecule has 0 aliphatic heterocycles. The summed E-state index contributed by atoms with van der Waals surface area (Å²) in [7, 11) is 3.11. The monoisotopic (exact) mass is 332 g/mol. The lowest BCUT2D eigenvalue weighted by atomic mass is 10.1. The van der Waals surface area contributed by atoms with Gasteiger partial charge >= 0.3 is 0 Å². The number of rotatable bonds is 5. The average molecular weight is 332 g/mol. The van der Waals surface area contributed by atoms with Crippen LogP contribution in [-0.2, 0) is 0 Å². The molecule has 2 rings (SSSR count). The quantitative estimate of drug-likeness (QED) is 0.620. The van der Waals surface area contributed by atoms with Crippen molar-refractivity contribution in [1.29, 1.82) is 0 Å².